The summed E-state index contributed by atoms with van der Waals surface area (Å²) in [6, 6.07) is 26.6. The molecule has 1 aliphatic rings. The zero-order valence-corrected chi connectivity index (χ0v) is 21.6. The second kappa shape index (κ2) is 12.8. The molecule has 1 fully saturated rings. The Bertz CT molecular complexity index is 1360. The van der Waals surface area contributed by atoms with Gasteiger partial charge in [0.2, 0.25) is 0 Å². The van der Waals surface area contributed by atoms with Crippen molar-refractivity contribution in [3.63, 3.8) is 0 Å². The highest BCUT2D eigenvalue weighted by Crippen LogP contribution is 2.32. The van der Waals surface area contributed by atoms with E-state index in [9.17, 15) is 4.79 Å². The van der Waals surface area contributed by atoms with Crippen LogP contribution in [0.4, 0.5) is 5.13 Å². The van der Waals surface area contributed by atoms with E-state index in [1.165, 1.54) is 0 Å². The Kier molecular flexibility index (Phi) is 8.60. The fraction of sp³-hybridized carbons (Fsp3) is 0.207. The quantitative estimate of drug-likeness (QED) is 0.180. The molecule has 1 aliphatic heterocycles. The van der Waals surface area contributed by atoms with Gasteiger partial charge in [-0.1, -0.05) is 72.0 Å². The minimum absolute atomic E-state index is 0.300. The van der Waals surface area contributed by atoms with Gasteiger partial charge in [-0.15, -0.1) is 0 Å². The van der Waals surface area contributed by atoms with Crippen LogP contribution >= 0.6 is 11.3 Å². The molecular formula is C29H28N4O4S. The summed E-state index contributed by atoms with van der Waals surface area (Å²) in [6.45, 7) is 3.61. The molecule has 5 rings (SSSR count). The average molecular weight is 529 g/mol. The van der Waals surface area contributed by atoms with Crippen molar-refractivity contribution in [3.8, 4) is 22.8 Å². The molecule has 0 unspecified atom stereocenters. The Morgan fingerprint density at radius 1 is 0.947 bits per heavy atom. The van der Waals surface area contributed by atoms with Crippen LogP contribution in [0.15, 0.2) is 90.0 Å². The number of hydrogen-bond donors (Lipinski definition) is 1. The summed E-state index contributed by atoms with van der Waals surface area (Å²) in [5, 5.41) is 5.18. The van der Waals surface area contributed by atoms with Gasteiger partial charge < -0.3 is 19.1 Å². The summed E-state index contributed by atoms with van der Waals surface area (Å²) in [4.78, 5) is 20.9. The van der Waals surface area contributed by atoms with E-state index >= 15 is 0 Å². The summed E-state index contributed by atoms with van der Waals surface area (Å²) in [5.41, 5.74) is 4.85. The number of carbonyl (C=O) groups excluding carboxylic acids is 1. The number of rotatable bonds is 10. The van der Waals surface area contributed by atoms with Crippen LogP contribution in [0.25, 0.3) is 11.3 Å². The van der Waals surface area contributed by atoms with E-state index in [0.29, 0.717) is 37.7 Å². The number of aromatic nitrogens is 1. The van der Waals surface area contributed by atoms with Gasteiger partial charge in [-0.3, -0.25) is 4.79 Å². The maximum Gasteiger partial charge on any atom is 0.275 e. The molecule has 4 aromatic rings. The molecule has 38 heavy (non-hydrogen) atoms. The molecule has 3 aromatic carbocycles. The molecule has 8 nitrogen and oxygen atoms in total. The SMILES string of the molecule is O=C(NN=Cc1sc(N2CCOCC2)nc1-c1ccccc1)c1ccccc1OCCOc1ccccc1. The minimum atomic E-state index is -0.361. The molecule has 0 aliphatic carbocycles. The molecule has 194 valence electrons. The Morgan fingerprint density at radius 2 is 1.63 bits per heavy atom. The van der Waals surface area contributed by atoms with Crippen LogP contribution in [0.5, 0.6) is 11.5 Å². The summed E-state index contributed by atoms with van der Waals surface area (Å²) in [5.74, 6) is 0.875. The normalized spacial score (nSPS) is 13.4. The number of hydrogen-bond acceptors (Lipinski definition) is 8. The standard InChI is InChI=1S/C29H28N4O4S/c34-28(24-13-7-8-14-25(24)37-20-19-36-23-11-5-2-6-12-23)32-30-21-26-27(22-9-3-1-4-10-22)31-29(38-26)33-15-17-35-18-16-33/h1-14,21H,15-20H2,(H,32,34). The summed E-state index contributed by atoms with van der Waals surface area (Å²) >= 11 is 1.54. The van der Waals surface area contributed by atoms with Gasteiger partial charge in [-0.05, 0) is 24.3 Å². The highest BCUT2D eigenvalue weighted by Gasteiger charge is 2.19. The van der Waals surface area contributed by atoms with Crippen molar-refractivity contribution in [3.05, 3.63) is 95.4 Å². The lowest BCUT2D eigenvalue weighted by Crippen LogP contribution is -2.36. The van der Waals surface area contributed by atoms with E-state index in [0.717, 1.165) is 40.1 Å². The number of ether oxygens (including phenoxy) is 3. The maximum atomic E-state index is 12.9. The van der Waals surface area contributed by atoms with E-state index in [-0.39, 0.29) is 5.91 Å². The Hall–Kier alpha value is -4.21. The minimum Gasteiger partial charge on any atom is -0.490 e. The van der Waals surface area contributed by atoms with Crippen LogP contribution in [-0.2, 0) is 4.74 Å². The zero-order valence-electron chi connectivity index (χ0n) is 20.8. The van der Waals surface area contributed by atoms with Crippen molar-refractivity contribution in [2.75, 3.05) is 44.4 Å². The smallest absolute Gasteiger partial charge is 0.275 e. The molecule has 2 heterocycles. The third-order valence-corrected chi connectivity index (χ3v) is 6.85. The van der Waals surface area contributed by atoms with Crippen molar-refractivity contribution in [1.82, 2.24) is 10.4 Å². The van der Waals surface area contributed by atoms with Crippen LogP contribution in [0.2, 0.25) is 0 Å². The maximum absolute atomic E-state index is 12.9. The highest BCUT2D eigenvalue weighted by molar-refractivity contribution is 7.17. The van der Waals surface area contributed by atoms with Gasteiger partial charge in [0.05, 0.1) is 35.6 Å². The average Bonchev–Trinajstić information content (AvgIpc) is 3.41. The number of nitrogens with zero attached hydrogens (tertiary/aromatic N) is 3. The van der Waals surface area contributed by atoms with Crippen LogP contribution < -0.4 is 19.8 Å². The predicted molar refractivity (Wildman–Crippen MR) is 150 cm³/mol. The lowest BCUT2D eigenvalue weighted by molar-refractivity contribution is 0.0950. The van der Waals surface area contributed by atoms with E-state index in [4.69, 9.17) is 19.2 Å². The van der Waals surface area contributed by atoms with Crippen LogP contribution in [0.3, 0.4) is 0 Å². The number of amides is 1. The summed E-state index contributed by atoms with van der Waals surface area (Å²) < 4.78 is 17.0. The first kappa shape index (κ1) is 25.4. The molecule has 1 amide bonds. The van der Waals surface area contributed by atoms with E-state index in [1.54, 1.807) is 35.8 Å². The largest absolute Gasteiger partial charge is 0.490 e. The van der Waals surface area contributed by atoms with E-state index in [1.807, 2.05) is 66.7 Å². The lowest BCUT2D eigenvalue weighted by atomic mass is 10.1. The van der Waals surface area contributed by atoms with Gasteiger partial charge in [0, 0.05) is 18.7 Å². The van der Waals surface area contributed by atoms with Crippen molar-refractivity contribution in [2.24, 2.45) is 5.10 Å². The third kappa shape index (κ3) is 6.56. The number of hydrazone groups is 1. The Balaban J connectivity index is 1.25. The van der Waals surface area contributed by atoms with Crippen LogP contribution in [0, 0.1) is 0 Å². The molecule has 0 radical (unpaired) electrons. The molecule has 1 saturated heterocycles. The molecule has 0 saturated carbocycles. The van der Waals surface area contributed by atoms with Gasteiger partial charge in [0.1, 0.15) is 24.7 Å². The highest BCUT2D eigenvalue weighted by atomic mass is 32.1. The number of morpholine rings is 1. The molecule has 1 aromatic heterocycles. The van der Waals surface area contributed by atoms with Crippen molar-refractivity contribution in [1.29, 1.82) is 0 Å². The molecule has 0 bridgehead atoms. The van der Waals surface area contributed by atoms with Gasteiger partial charge in [-0.25, -0.2) is 10.4 Å². The Labute approximate surface area is 225 Å². The topological polar surface area (TPSA) is 85.3 Å². The number of para-hydroxylation sites is 2. The number of thiazole rings is 1. The lowest BCUT2D eigenvalue weighted by Gasteiger charge is -2.26. The van der Waals surface area contributed by atoms with Crippen LogP contribution in [-0.4, -0.2) is 56.6 Å². The predicted octanol–water partition coefficient (Wildman–Crippen LogP) is 4.87. The van der Waals surface area contributed by atoms with Gasteiger partial charge >= 0.3 is 0 Å². The van der Waals surface area contributed by atoms with Crippen molar-refractivity contribution >= 4 is 28.6 Å². The van der Waals surface area contributed by atoms with E-state index in [2.05, 4.69) is 15.4 Å². The number of benzene rings is 3. The van der Waals surface area contributed by atoms with Crippen molar-refractivity contribution in [2.45, 2.75) is 0 Å². The first-order chi connectivity index (χ1) is 18.8. The molecule has 1 N–H and O–H groups in total. The second-order valence-electron chi connectivity index (χ2n) is 8.38. The zero-order chi connectivity index (χ0) is 26.0. The van der Waals surface area contributed by atoms with Crippen LogP contribution in [0.1, 0.15) is 15.2 Å². The Morgan fingerprint density at radius 3 is 2.42 bits per heavy atom. The molecule has 0 atom stereocenters. The fourth-order valence-corrected chi connectivity index (χ4v) is 4.93. The molecular weight excluding hydrogens is 500 g/mol. The first-order valence-corrected chi connectivity index (χ1v) is 13.2. The first-order valence-electron chi connectivity index (χ1n) is 12.4. The number of nitrogens with one attached hydrogen (secondary N) is 1. The summed E-state index contributed by atoms with van der Waals surface area (Å²) in [7, 11) is 0. The monoisotopic (exact) mass is 528 g/mol. The molecule has 0 spiro atoms. The fourth-order valence-electron chi connectivity index (χ4n) is 3.92. The molecule has 9 heteroatoms. The van der Waals surface area contributed by atoms with Gasteiger partial charge in [-0.2, -0.15) is 5.10 Å². The second-order valence-corrected chi connectivity index (χ2v) is 9.39. The van der Waals surface area contributed by atoms with Gasteiger partial charge in [0.25, 0.3) is 5.91 Å². The number of carbonyl (C=O) groups is 1. The number of anilines is 1. The van der Waals surface area contributed by atoms with Crippen molar-refractivity contribution < 1.29 is 19.0 Å². The summed E-state index contributed by atoms with van der Waals surface area (Å²) in [6.07, 6.45) is 1.65. The third-order valence-electron chi connectivity index (χ3n) is 5.80. The van der Waals surface area contributed by atoms with Gasteiger partial charge in [0.15, 0.2) is 5.13 Å². The van der Waals surface area contributed by atoms with E-state index < -0.39 is 0 Å².